The molecule has 3 aliphatic heterocycles. The Kier molecular flexibility index (Phi) is 47.0. The molecule has 0 bridgehead atoms. The highest BCUT2D eigenvalue weighted by molar-refractivity contribution is 5.77. The Morgan fingerprint density at radius 2 is 0.989 bits per heavy atom. The lowest BCUT2D eigenvalue weighted by atomic mass is 9.88. The van der Waals surface area contributed by atoms with Gasteiger partial charge in [0.1, 0.15) is 67.1 Å². The molecule has 2 amide bonds. The van der Waals surface area contributed by atoms with E-state index in [1.165, 1.54) is 167 Å². The number of aliphatic hydroxyl groups excluding tert-OH is 11. The number of carboxylic acid groups (broad SMARTS) is 1. The van der Waals surface area contributed by atoms with Gasteiger partial charge in [0.25, 0.3) is 5.79 Å². The van der Waals surface area contributed by atoms with Crippen molar-refractivity contribution in [3.8, 4) is 0 Å². The summed E-state index contributed by atoms with van der Waals surface area (Å²) >= 11 is 0. The van der Waals surface area contributed by atoms with Crippen molar-refractivity contribution < 1.29 is 104 Å². The van der Waals surface area contributed by atoms with Gasteiger partial charge in [-0.25, -0.2) is 4.79 Å². The number of carbonyl (C=O) groups is 3. The van der Waals surface area contributed by atoms with E-state index in [1.807, 2.05) is 0 Å². The van der Waals surface area contributed by atoms with E-state index < -0.39 is 148 Å². The summed E-state index contributed by atoms with van der Waals surface area (Å²) in [6.07, 6.45) is 22.1. The Labute approximate surface area is 562 Å². The summed E-state index contributed by atoms with van der Waals surface area (Å²) in [5.74, 6) is -6.11. The lowest BCUT2D eigenvalue weighted by Crippen LogP contribution is -2.70. The normalized spacial score (nSPS) is 27.9. The van der Waals surface area contributed by atoms with Crippen molar-refractivity contribution in [1.82, 2.24) is 10.6 Å². The van der Waals surface area contributed by atoms with Gasteiger partial charge < -0.3 is 100 Å². The number of aliphatic hydroxyl groups is 11. The number of carboxylic acids is 1. The molecule has 552 valence electrons. The molecule has 0 aromatic carbocycles. The Balaban J connectivity index is 1.56. The maximum atomic E-state index is 13.5. The number of ether oxygens (including phenoxy) is 6. The van der Waals surface area contributed by atoms with Gasteiger partial charge in [-0.3, -0.25) is 9.59 Å². The maximum Gasteiger partial charge on any atom is 0.364 e. The standard InChI is InChI=1S/C71H132N2O21/c1-4-6-8-10-12-14-16-18-20-22-23-24-25-26-27-28-29-30-32-34-36-38-40-42-44-53(78)52(73-58(81)45-43-41-39-37-35-33-31-21-19-17-15-13-11-9-7-5-2)50-89-68-63(85)62(84)65(57(49-76)91-68)92-69-64(86)67(61(83)56(48-75)90-69)94-71(70(87)88)46-54(79)59(72-51(3)77)66(93-71)60(82)55(80)47-74/h21,31,52-57,59-69,74-76,78-80,82-86H,4-20,22-30,32-50H2,1-3H3,(H,72,77)(H,73,81)(H,87,88)/b31-21-. The van der Waals surface area contributed by atoms with E-state index in [2.05, 4.69) is 36.6 Å². The number of allylic oxidation sites excluding steroid dienone is 2. The predicted octanol–water partition coefficient (Wildman–Crippen LogP) is 7.85. The van der Waals surface area contributed by atoms with Gasteiger partial charge >= 0.3 is 5.97 Å². The number of hydrogen-bond acceptors (Lipinski definition) is 20. The predicted molar refractivity (Wildman–Crippen MR) is 357 cm³/mol. The maximum absolute atomic E-state index is 13.5. The van der Waals surface area contributed by atoms with Gasteiger partial charge in [-0.15, -0.1) is 0 Å². The topological polar surface area (TPSA) is 373 Å². The number of rotatable bonds is 57. The van der Waals surface area contributed by atoms with Crippen LogP contribution < -0.4 is 10.6 Å². The van der Waals surface area contributed by atoms with E-state index in [0.29, 0.717) is 19.3 Å². The zero-order valence-electron chi connectivity index (χ0n) is 57.8. The molecule has 3 fully saturated rings. The fourth-order valence-electron chi connectivity index (χ4n) is 13.1. The summed E-state index contributed by atoms with van der Waals surface area (Å²) in [5, 5.41) is 136. The molecule has 3 saturated heterocycles. The van der Waals surface area contributed by atoms with E-state index in [-0.39, 0.29) is 18.9 Å². The van der Waals surface area contributed by atoms with Gasteiger partial charge in [-0.05, 0) is 38.5 Å². The average Bonchev–Trinajstić information content (AvgIpc) is 0.762. The summed E-state index contributed by atoms with van der Waals surface area (Å²) in [5.41, 5.74) is 0. The lowest BCUT2D eigenvalue weighted by Gasteiger charge is -2.50. The largest absolute Gasteiger partial charge is 0.477 e. The third-order valence-electron chi connectivity index (χ3n) is 19.0. The molecule has 0 aromatic heterocycles. The van der Waals surface area contributed by atoms with Gasteiger partial charge in [-0.2, -0.15) is 0 Å². The molecule has 18 atom stereocenters. The summed E-state index contributed by atoms with van der Waals surface area (Å²) in [6.45, 7) is 2.22. The van der Waals surface area contributed by atoms with Crippen LogP contribution in [-0.2, 0) is 42.8 Å². The van der Waals surface area contributed by atoms with Gasteiger partial charge in [0.05, 0.1) is 50.7 Å². The molecule has 0 saturated carbocycles. The average molecular weight is 1350 g/mol. The van der Waals surface area contributed by atoms with Gasteiger partial charge in [-0.1, -0.05) is 238 Å². The van der Waals surface area contributed by atoms with Crippen LogP contribution in [-0.4, -0.2) is 215 Å². The number of nitrogens with one attached hydrogen (secondary N) is 2. The molecular formula is C71H132N2O21. The summed E-state index contributed by atoms with van der Waals surface area (Å²) in [7, 11) is 0. The highest BCUT2D eigenvalue weighted by atomic mass is 16.8. The van der Waals surface area contributed by atoms with Gasteiger partial charge in [0.2, 0.25) is 11.8 Å². The second kappa shape index (κ2) is 51.6. The van der Waals surface area contributed by atoms with Crippen LogP contribution in [0.4, 0.5) is 0 Å². The molecular weight excluding hydrogens is 1220 g/mol. The second-order valence-electron chi connectivity index (χ2n) is 27.2. The number of hydrogen-bond donors (Lipinski definition) is 14. The van der Waals surface area contributed by atoms with Crippen LogP contribution >= 0.6 is 0 Å². The van der Waals surface area contributed by atoms with Gasteiger partial charge in [0.15, 0.2) is 12.6 Å². The molecule has 0 radical (unpaired) electrons. The van der Waals surface area contributed by atoms with Crippen LogP contribution in [0.2, 0.25) is 0 Å². The minimum Gasteiger partial charge on any atom is -0.477 e. The van der Waals surface area contributed by atoms with Crippen molar-refractivity contribution in [3.05, 3.63) is 12.2 Å². The number of carbonyl (C=O) groups excluding carboxylic acids is 2. The summed E-state index contributed by atoms with van der Waals surface area (Å²) in [4.78, 5) is 38.6. The molecule has 0 aromatic rings. The van der Waals surface area contributed by atoms with Crippen LogP contribution in [0, 0.1) is 0 Å². The molecule has 3 heterocycles. The van der Waals surface area contributed by atoms with Crippen molar-refractivity contribution in [2.45, 2.75) is 394 Å². The second-order valence-corrected chi connectivity index (χ2v) is 27.2. The van der Waals surface area contributed by atoms with E-state index >= 15 is 0 Å². The first-order valence-corrected chi connectivity index (χ1v) is 37.0. The van der Waals surface area contributed by atoms with E-state index in [4.69, 9.17) is 28.4 Å². The quantitative estimate of drug-likeness (QED) is 0.0203. The van der Waals surface area contributed by atoms with Crippen LogP contribution in [0.1, 0.15) is 284 Å². The Hall–Kier alpha value is -2.53. The smallest absolute Gasteiger partial charge is 0.364 e. The fraction of sp³-hybridized carbons (Fsp3) is 0.930. The molecule has 23 nitrogen and oxygen atoms in total. The molecule has 0 aliphatic carbocycles. The minimum atomic E-state index is -3.08. The summed E-state index contributed by atoms with van der Waals surface area (Å²) in [6, 6.07) is -2.53. The molecule has 3 aliphatic rings. The molecule has 94 heavy (non-hydrogen) atoms. The molecule has 23 heteroatoms. The van der Waals surface area contributed by atoms with Crippen LogP contribution in [0.15, 0.2) is 12.2 Å². The first-order chi connectivity index (χ1) is 45.4. The number of amides is 2. The first-order valence-electron chi connectivity index (χ1n) is 37.0. The molecule has 18 unspecified atom stereocenters. The number of unbranched alkanes of at least 4 members (excludes halogenated alkanes) is 35. The van der Waals surface area contributed by atoms with Crippen LogP contribution in [0.3, 0.4) is 0 Å². The molecule has 3 rings (SSSR count). The Morgan fingerprint density at radius 1 is 0.543 bits per heavy atom. The zero-order chi connectivity index (χ0) is 68.9. The highest BCUT2D eigenvalue weighted by Crippen LogP contribution is 2.39. The monoisotopic (exact) mass is 1350 g/mol. The Bertz CT molecular complexity index is 1940. The van der Waals surface area contributed by atoms with E-state index in [1.54, 1.807) is 0 Å². The molecule has 0 spiro atoms. The lowest BCUT2D eigenvalue weighted by molar-refractivity contribution is -0.386. The van der Waals surface area contributed by atoms with Gasteiger partial charge in [0, 0.05) is 19.8 Å². The minimum absolute atomic E-state index is 0.215. The van der Waals surface area contributed by atoms with Crippen molar-refractivity contribution in [1.29, 1.82) is 0 Å². The van der Waals surface area contributed by atoms with Crippen molar-refractivity contribution in [3.63, 3.8) is 0 Å². The van der Waals surface area contributed by atoms with Crippen molar-refractivity contribution >= 4 is 17.8 Å². The first kappa shape index (κ1) is 85.7. The van der Waals surface area contributed by atoms with Crippen molar-refractivity contribution in [2.24, 2.45) is 0 Å². The van der Waals surface area contributed by atoms with E-state index in [0.717, 1.165) is 71.1 Å². The Morgan fingerprint density at radius 3 is 1.44 bits per heavy atom. The highest BCUT2D eigenvalue weighted by Gasteiger charge is 2.60. The molecule has 14 N–H and O–H groups in total. The van der Waals surface area contributed by atoms with Crippen molar-refractivity contribution in [2.75, 3.05) is 26.4 Å². The fourth-order valence-corrected chi connectivity index (χ4v) is 13.1. The third-order valence-corrected chi connectivity index (χ3v) is 19.0. The summed E-state index contributed by atoms with van der Waals surface area (Å²) < 4.78 is 34.9. The van der Waals surface area contributed by atoms with E-state index in [9.17, 15) is 75.7 Å². The SMILES string of the molecule is CCCCCCCCC/C=C\CCCCCCCC(=O)NC(COC1OC(CO)C(OC2OC(CO)C(O)C(OC3(C(=O)O)CC(O)C(NC(C)=O)C(C(O)C(O)CO)O3)C2O)C(O)C1O)C(O)CCCCCCCCCCCCCCCCCCCCCCCCCC. The van der Waals surface area contributed by atoms with Crippen LogP contribution in [0.25, 0.3) is 0 Å². The van der Waals surface area contributed by atoms with Crippen LogP contribution in [0.5, 0.6) is 0 Å². The zero-order valence-corrected chi connectivity index (χ0v) is 57.8. The number of aliphatic carboxylic acids is 1. The third kappa shape index (κ3) is 33.1.